The fourth-order valence-corrected chi connectivity index (χ4v) is 8.17. The Hall–Kier alpha value is -2.98. The minimum atomic E-state index is -5.79. The summed E-state index contributed by atoms with van der Waals surface area (Å²) in [6, 6.07) is 18.6. The molecule has 0 saturated heterocycles. The lowest BCUT2D eigenvalue weighted by molar-refractivity contribution is -0.0500. The number of fused-ring (bicyclic) bond motifs is 1. The minimum Gasteiger partial charge on any atom is -0.490 e. The van der Waals surface area contributed by atoms with Crippen LogP contribution in [-0.2, 0) is 16.5 Å². The highest BCUT2D eigenvalue weighted by Crippen LogP contribution is 2.47. The van der Waals surface area contributed by atoms with Crippen molar-refractivity contribution in [3.8, 4) is 11.5 Å². The lowest BCUT2D eigenvalue weighted by Crippen LogP contribution is -2.28. The minimum absolute atomic E-state index is 0.128. The van der Waals surface area contributed by atoms with E-state index in [1.165, 1.54) is 29.5 Å². The number of rotatable bonds is 11. The predicted octanol–water partition coefficient (Wildman–Crippen LogP) is 10.2. The Bertz CT molecular complexity index is 1660. The van der Waals surface area contributed by atoms with Gasteiger partial charge in [-0.2, -0.15) is 21.6 Å². The first-order chi connectivity index (χ1) is 21.9. The van der Waals surface area contributed by atoms with E-state index in [-0.39, 0.29) is 18.5 Å². The second-order valence-corrected chi connectivity index (χ2v) is 14.8. The Balaban J connectivity index is 1.44. The van der Waals surface area contributed by atoms with Gasteiger partial charge in [-0.05, 0) is 127 Å². The summed E-state index contributed by atoms with van der Waals surface area (Å²) in [6.07, 6.45) is 6.60. The Kier molecular flexibility index (Phi) is 10.8. The number of ether oxygens (including phenoxy) is 1. The molecule has 1 fully saturated rings. The zero-order valence-electron chi connectivity index (χ0n) is 26.3. The normalized spacial score (nSPS) is 19.5. The van der Waals surface area contributed by atoms with Crippen LogP contribution in [0.1, 0.15) is 80.2 Å². The van der Waals surface area contributed by atoms with Crippen molar-refractivity contribution in [2.24, 2.45) is 11.8 Å². The molecule has 0 N–H and O–H groups in total. The van der Waals surface area contributed by atoms with Crippen molar-refractivity contribution in [3.63, 3.8) is 0 Å². The van der Waals surface area contributed by atoms with Gasteiger partial charge in [0.25, 0.3) is 0 Å². The molecular formula is C36H40F4O4S2. The van der Waals surface area contributed by atoms with Gasteiger partial charge in [0.1, 0.15) is 11.5 Å². The van der Waals surface area contributed by atoms with Gasteiger partial charge < -0.3 is 8.92 Å². The van der Waals surface area contributed by atoms with E-state index in [0.717, 1.165) is 77.7 Å². The topological polar surface area (TPSA) is 52.6 Å². The molecular weight excluding hydrogens is 637 g/mol. The van der Waals surface area contributed by atoms with Gasteiger partial charge in [-0.25, -0.2) is 0 Å². The molecule has 0 amide bonds. The molecule has 1 heterocycles. The predicted molar refractivity (Wildman–Crippen MR) is 176 cm³/mol. The van der Waals surface area contributed by atoms with Gasteiger partial charge >= 0.3 is 15.6 Å². The smallest absolute Gasteiger partial charge is 0.490 e. The molecule has 0 radical (unpaired) electrons. The molecule has 5 rings (SSSR count). The highest BCUT2D eigenvalue weighted by molar-refractivity contribution is 8.00. The monoisotopic (exact) mass is 676 g/mol. The molecule has 1 atom stereocenters. The van der Waals surface area contributed by atoms with Crippen LogP contribution in [0, 0.1) is 18.8 Å². The van der Waals surface area contributed by atoms with Crippen molar-refractivity contribution < 1.29 is 34.9 Å². The molecule has 10 heteroatoms. The van der Waals surface area contributed by atoms with E-state index in [0.29, 0.717) is 28.9 Å². The highest BCUT2D eigenvalue weighted by Gasteiger charge is 2.48. The van der Waals surface area contributed by atoms with Crippen molar-refractivity contribution in [1.29, 1.82) is 0 Å². The maximum absolute atomic E-state index is 13.0. The van der Waals surface area contributed by atoms with Crippen molar-refractivity contribution in [2.75, 3.05) is 12.4 Å². The molecule has 0 bridgehead atoms. The average molecular weight is 677 g/mol. The van der Waals surface area contributed by atoms with Crippen LogP contribution in [0.25, 0.3) is 11.1 Å². The Labute approximate surface area is 273 Å². The number of halogens is 4. The third kappa shape index (κ3) is 7.76. The summed E-state index contributed by atoms with van der Waals surface area (Å²) in [6.45, 7) is 6.13. The lowest BCUT2D eigenvalue weighted by Gasteiger charge is -2.32. The van der Waals surface area contributed by atoms with Gasteiger partial charge in [-0.1, -0.05) is 49.7 Å². The van der Waals surface area contributed by atoms with Gasteiger partial charge in [0.2, 0.25) is 0 Å². The number of thioether (sulfide) groups is 1. The largest absolute Gasteiger partial charge is 0.534 e. The summed E-state index contributed by atoms with van der Waals surface area (Å²) in [5.74, 6) is 2.06. The Morgan fingerprint density at radius 2 is 1.61 bits per heavy atom. The molecule has 4 nitrogen and oxygen atoms in total. The highest BCUT2D eigenvalue weighted by atomic mass is 32.2. The maximum Gasteiger partial charge on any atom is 0.534 e. The quantitative estimate of drug-likeness (QED) is 0.115. The molecule has 0 spiro atoms. The first-order valence-corrected chi connectivity index (χ1v) is 18.2. The van der Waals surface area contributed by atoms with E-state index in [4.69, 9.17) is 4.74 Å². The van der Waals surface area contributed by atoms with Crippen LogP contribution in [0.5, 0.6) is 11.5 Å². The van der Waals surface area contributed by atoms with Gasteiger partial charge in [0.05, 0.1) is 12.8 Å². The number of aryl methyl sites for hydroxylation is 2. The summed E-state index contributed by atoms with van der Waals surface area (Å²) in [5, 5.41) is 0. The molecule has 2 aliphatic rings. The second-order valence-electron chi connectivity index (χ2n) is 12.3. The van der Waals surface area contributed by atoms with Gasteiger partial charge in [-0.15, -0.1) is 11.8 Å². The van der Waals surface area contributed by atoms with Crippen molar-refractivity contribution in [2.45, 2.75) is 82.2 Å². The Morgan fingerprint density at radius 3 is 2.26 bits per heavy atom. The zero-order chi connectivity index (χ0) is 33.1. The van der Waals surface area contributed by atoms with Crippen LogP contribution in [0.3, 0.4) is 0 Å². The summed E-state index contributed by atoms with van der Waals surface area (Å²) < 4.78 is 85.8. The van der Waals surface area contributed by atoms with Crippen molar-refractivity contribution in [3.05, 3.63) is 88.5 Å². The van der Waals surface area contributed by atoms with E-state index in [1.807, 2.05) is 24.3 Å². The average Bonchev–Trinajstić information content (AvgIpc) is 3.03. The number of hydrogen-bond donors (Lipinski definition) is 0. The molecule has 3 aromatic carbocycles. The van der Waals surface area contributed by atoms with Crippen LogP contribution in [0.4, 0.5) is 17.6 Å². The molecule has 1 aliphatic carbocycles. The third-order valence-electron chi connectivity index (χ3n) is 9.11. The van der Waals surface area contributed by atoms with Crippen LogP contribution in [-0.4, -0.2) is 32.5 Å². The van der Waals surface area contributed by atoms with Crippen LogP contribution in [0.2, 0.25) is 0 Å². The summed E-state index contributed by atoms with van der Waals surface area (Å²) in [5.41, 5.74) is 1.69. The Morgan fingerprint density at radius 1 is 0.935 bits per heavy atom. The molecule has 1 saturated carbocycles. The van der Waals surface area contributed by atoms with E-state index in [9.17, 15) is 26.0 Å². The molecule has 1 aliphatic heterocycles. The van der Waals surface area contributed by atoms with Gasteiger partial charge in [0, 0.05) is 10.6 Å². The van der Waals surface area contributed by atoms with Crippen LogP contribution < -0.4 is 8.92 Å². The molecule has 0 aromatic heterocycles. The summed E-state index contributed by atoms with van der Waals surface area (Å²) in [4.78, 5) is 0.636. The first kappa shape index (κ1) is 34.4. The lowest BCUT2D eigenvalue weighted by atomic mass is 9.78. The zero-order valence-corrected chi connectivity index (χ0v) is 28.0. The van der Waals surface area contributed by atoms with Gasteiger partial charge in [0.15, 0.2) is 0 Å². The van der Waals surface area contributed by atoms with Gasteiger partial charge in [-0.3, -0.25) is 4.39 Å². The molecule has 248 valence electrons. The van der Waals surface area contributed by atoms with Crippen LogP contribution >= 0.6 is 11.8 Å². The molecule has 1 unspecified atom stereocenters. The van der Waals surface area contributed by atoms with Crippen LogP contribution in [0.15, 0.2) is 65.6 Å². The fourth-order valence-electron chi connectivity index (χ4n) is 6.59. The number of alkyl halides is 4. The maximum atomic E-state index is 13.0. The first-order valence-electron chi connectivity index (χ1n) is 15.8. The summed E-state index contributed by atoms with van der Waals surface area (Å²) in [7, 11) is -5.79. The van der Waals surface area contributed by atoms with Crippen molar-refractivity contribution >= 4 is 33.0 Å². The van der Waals surface area contributed by atoms with Crippen molar-refractivity contribution in [1.82, 2.24) is 0 Å². The molecule has 46 heavy (non-hydrogen) atoms. The SMILES string of the molecule is CCc1cc(C)ccc1C1=C(c2ccc(OC3CCC(C(C)CCCF)CC3)cc2)c2ccc(OS(=O)(=O)C(F)(F)F)cc2SC1. The number of hydrogen-bond acceptors (Lipinski definition) is 5. The fraction of sp³-hybridized carbons (Fsp3) is 0.444. The summed E-state index contributed by atoms with van der Waals surface area (Å²) >= 11 is 1.44. The second kappa shape index (κ2) is 14.4. The third-order valence-corrected chi connectivity index (χ3v) is 11.2. The van der Waals surface area contributed by atoms with E-state index < -0.39 is 15.6 Å². The van der Waals surface area contributed by atoms with E-state index >= 15 is 0 Å². The van der Waals surface area contributed by atoms with E-state index in [1.54, 1.807) is 6.07 Å². The molecule has 3 aromatic rings. The number of benzene rings is 3. The standard InChI is InChI=1S/C36H40F4O4S2/c1-4-25-20-23(2)7-17-31(25)33-22-45-34-21-30(44-46(41,42)36(38,39)40)16-18-32(34)35(33)27-10-14-29(15-11-27)43-28-12-8-26(9-13-28)24(3)6-5-19-37/h7,10-11,14-18,20-21,24,26,28H,4-6,8-9,12-13,19,22H2,1-3H3. The van der Waals surface area contributed by atoms with E-state index in [2.05, 4.69) is 43.2 Å².